The standard InChI is InChI=1S/C14H13N3O/c1-17-14-12(15-16-17)8-5-9-13(14)18-10-11-6-3-2-4-7-11/h2-9H,10H2,1H3. The molecule has 0 saturated carbocycles. The maximum atomic E-state index is 5.84. The predicted molar refractivity (Wildman–Crippen MR) is 69.3 cm³/mol. The summed E-state index contributed by atoms with van der Waals surface area (Å²) in [5.74, 6) is 0.809. The molecule has 90 valence electrons. The number of para-hydroxylation sites is 1. The van der Waals surface area contributed by atoms with Crippen molar-refractivity contribution in [2.75, 3.05) is 0 Å². The predicted octanol–water partition coefficient (Wildman–Crippen LogP) is 2.55. The van der Waals surface area contributed by atoms with Crippen molar-refractivity contribution in [1.29, 1.82) is 0 Å². The molecule has 0 unspecified atom stereocenters. The fourth-order valence-electron chi connectivity index (χ4n) is 1.93. The lowest BCUT2D eigenvalue weighted by Crippen LogP contribution is -1.98. The van der Waals surface area contributed by atoms with E-state index in [4.69, 9.17) is 4.74 Å². The Labute approximate surface area is 105 Å². The number of aryl methyl sites for hydroxylation is 1. The summed E-state index contributed by atoms with van der Waals surface area (Å²) in [4.78, 5) is 0. The molecule has 4 heteroatoms. The summed E-state index contributed by atoms with van der Waals surface area (Å²) in [6.45, 7) is 0.547. The van der Waals surface area contributed by atoms with E-state index in [9.17, 15) is 0 Å². The molecule has 0 atom stereocenters. The van der Waals surface area contributed by atoms with Gasteiger partial charge in [0.25, 0.3) is 0 Å². The number of hydrogen-bond donors (Lipinski definition) is 0. The van der Waals surface area contributed by atoms with E-state index in [0.717, 1.165) is 22.3 Å². The van der Waals surface area contributed by atoms with E-state index in [2.05, 4.69) is 10.3 Å². The molecule has 3 rings (SSSR count). The average Bonchev–Trinajstić information content (AvgIpc) is 2.80. The van der Waals surface area contributed by atoms with Crippen molar-refractivity contribution in [3.05, 3.63) is 54.1 Å². The van der Waals surface area contributed by atoms with Crippen molar-refractivity contribution < 1.29 is 4.74 Å². The molecule has 0 N–H and O–H groups in total. The van der Waals surface area contributed by atoms with E-state index >= 15 is 0 Å². The number of ether oxygens (including phenoxy) is 1. The lowest BCUT2D eigenvalue weighted by Gasteiger charge is -2.07. The lowest BCUT2D eigenvalue weighted by atomic mass is 10.2. The van der Waals surface area contributed by atoms with Crippen LogP contribution in [-0.4, -0.2) is 15.0 Å². The third-order valence-corrected chi connectivity index (χ3v) is 2.83. The van der Waals surface area contributed by atoms with Crippen LogP contribution in [0.25, 0.3) is 11.0 Å². The highest BCUT2D eigenvalue weighted by Crippen LogP contribution is 2.23. The molecular weight excluding hydrogens is 226 g/mol. The van der Waals surface area contributed by atoms with Crippen molar-refractivity contribution in [3.63, 3.8) is 0 Å². The van der Waals surface area contributed by atoms with Crippen LogP contribution in [0.15, 0.2) is 48.5 Å². The summed E-state index contributed by atoms with van der Waals surface area (Å²) in [5.41, 5.74) is 2.92. The largest absolute Gasteiger partial charge is 0.487 e. The summed E-state index contributed by atoms with van der Waals surface area (Å²) in [7, 11) is 1.87. The first-order chi connectivity index (χ1) is 8.84. The molecule has 4 nitrogen and oxygen atoms in total. The highest BCUT2D eigenvalue weighted by atomic mass is 16.5. The summed E-state index contributed by atoms with van der Waals surface area (Å²) in [6, 6.07) is 15.9. The van der Waals surface area contributed by atoms with E-state index in [0.29, 0.717) is 6.61 Å². The lowest BCUT2D eigenvalue weighted by molar-refractivity contribution is 0.308. The maximum absolute atomic E-state index is 5.84. The molecule has 0 aliphatic heterocycles. The topological polar surface area (TPSA) is 39.9 Å². The minimum atomic E-state index is 0.547. The molecule has 0 spiro atoms. The third kappa shape index (κ3) is 1.93. The number of hydrogen-bond acceptors (Lipinski definition) is 3. The van der Waals surface area contributed by atoms with E-state index < -0.39 is 0 Å². The summed E-state index contributed by atoms with van der Waals surface area (Å²) >= 11 is 0. The van der Waals surface area contributed by atoms with E-state index in [1.807, 2.05) is 55.6 Å². The van der Waals surface area contributed by atoms with Crippen molar-refractivity contribution in [2.24, 2.45) is 7.05 Å². The van der Waals surface area contributed by atoms with Crippen LogP contribution in [-0.2, 0) is 13.7 Å². The van der Waals surface area contributed by atoms with Crippen LogP contribution in [0.5, 0.6) is 5.75 Å². The molecule has 2 aromatic carbocycles. The van der Waals surface area contributed by atoms with Crippen LogP contribution in [0.4, 0.5) is 0 Å². The summed E-state index contributed by atoms with van der Waals surface area (Å²) < 4.78 is 7.58. The van der Waals surface area contributed by atoms with Crippen LogP contribution < -0.4 is 4.74 Å². The zero-order valence-corrected chi connectivity index (χ0v) is 10.1. The molecule has 0 bridgehead atoms. The van der Waals surface area contributed by atoms with Crippen molar-refractivity contribution >= 4 is 11.0 Å². The summed E-state index contributed by atoms with van der Waals surface area (Å²) in [6.07, 6.45) is 0. The Balaban J connectivity index is 1.89. The Morgan fingerprint density at radius 3 is 2.72 bits per heavy atom. The molecular formula is C14H13N3O. The van der Waals surface area contributed by atoms with E-state index in [1.165, 1.54) is 0 Å². The first kappa shape index (κ1) is 10.8. The van der Waals surface area contributed by atoms with Crippen LogP contribution in [0.2, 0.25) is 0 Å². The minimum absolute atomic E-state index is 0.547. The first-order valence-corrected chi connectivity index (χ1v) is 5.80. The van der Waals surface area contributed by atoms with Gasteiger partial charge in [-0.2, -0.15) is 0 Å². The van der Waals surface area contributed by atoms with Gasteiger partial charge in [0.05, 0.1) is 0 Å². The van der Waals surface area contributed by atoms with Gasteiger partial charge >= 0.3 is 0 Å². The molecule has 18 heavy (non-hydrogen) atoms. The number of nitrogens with zero attached hydrogens (tertiary/aromatic N) is 3. The van der Waals surface area contributed by atoms with Crippen LogP contribution in [0, 0.1) is 0 Å². The summed E-state index contributed by atoms with van der Waals surface area (Å²) in [5, 5.41) is 8.06. The second-order valence-corrected chi connectivity index (χ2v) is 4.11. The van der Waals surface area contributed by atoms with Gasteiger partial charge in [0.2, 0.25) is 0 Å². The van der Waals surface area contributed by atoms with Gasteiger partial charge in [-0.05, 0) is 17.7 Å². The zero-order valence-electron chi connectivity index (χ0n) is 10.1. The number of rotatable bonds is 3. The molecule has 0 aliphatic carbocycles. The van der Waals surface area contributed by atoms with Crippen molar-refractivity contribution in [3.8, 4) is 5.75 Å². The van der Waals surface area contributed by atoms with Gasteiger partial charge in [0, 0.05) is 7.05 Å². The van der Waals surface area contributed by atoms with Gasteiger partial charge in [0.15, 0.2) is 0 Å². The smallest absolute Gasteiger partial charge is 0.147 e. The Morgan fingerprint density at radius 1 is 1.06 bits per heavy atom. The SMILES string of the molecule is Cn1nnc2cccc(OCc3ccccc3)c21. The molecule has 0 fully saturated rings. The van der Waals surface area contributed by atoms with Gasteiger partial charge in [-0.3, -0.25) is 0 Å². The zero-order chi connectivity index (χ0) is 12.4. The molecule has 0 radical (unpaired) electrons. The van der Waals surface area contributed by atoms with Crippen molar-refractivity contribution in [2.45, 2.75) is 6.61 Å². The Bertz CT molecular complexity index is 661. The van der Waals surface area contributed by atoms with Gasteiger partial charge in [0.1, 0.15) is 23.4 Å². The minimum Gasteiger partial charge on any atom is -0.487 e. The molecule has 1 aromatic heterocycles. The second kappa shape index (κ2) is 4.49. The average molecular weight is 239 g/mol. The van der Waals surface area contributed by atoms with Gasteiger partial charge < -0.3 is 4.74 Å². The first-order valence-electron chi connectivity index (χ1n) is 5.80. The fraction of sp³-hybridized carbons (Fsp3) is 0.143. The normalized spacial score (nSPS) is 10.7. The maximum Gasteiger partial charge on any atom is 0.147 e. The Morgan fingerprint density at radius 2 is 1.89 bits per heavy atom. The van der Waals surface area contributed by atoms with Gasteiger partial charge in [-0.25, -0.2) is 4.68 Å². The molecule has 1 heterocycles. The number of aromatic nitrogens is 3. The van der Waals surface area contributed by atoms with Crippen LogP contribution >= 0.6 is 0 Å². The third-order valence-electron chi connectivity index (χ3n) is 2.83. The van der Waals surface area contributed by atoms with E-state index in [1.54, 1.807) is 4.68 Å². The highest BCUT2D eigenvalue weighted by Gasteiger charge is 2.07. The van der Waals surface area contributed by atoms with Gasteiger partial charge in [-0.15, -0.1) is 5.10 Å². The monoisotopic (exact) mass is 239 g/mol. The number of fused-ring (bicyclic) bond motifs is 1. The molecule has 0 aliphatic rings. The highest BCUT2D eigenvalue weighted by molar-refractivity contribution is 5.80. The van der Waals surface area contributed by atoms with Crippen LogP contribution in [0.1, 0.15) is 5.56 Å². The van der Waals surface area contributed by atoms with Crippen molar-refractivity contribution in [1.82, 2.24) is 15.0 Å². The van der Waals surface area contributed by atoms with Crippen LogP contribution in [0.3, 0.4) is 0 Å². The molecule has 3 aromatic rings. The Hall–Kier alpha value is -2.36. The molecule has 0 saturated heterocycles. The quantitative estimate of drug-likeness (QED) is 0.705. The Kier molecular flexibility index (Phi) is 2.68. The fourth-order valence-corrected chi connectivity index (χ4v) is 1.93. The van der Waals surface area contributed by atoms with Gasteiger partial charge in [-0.1, -0.05) is 41.6 Å². The number of benzene rings is 2. The molecule has 0 amide bonds. The second-order valence-electron chi connectivity index (χ2n) is 4.11. The van der Waals surface area contributed by atoms with E-state index in [-0.39, 0.29) is 0 Å².